The van der Waals surface area contributed by atoms with Crippen molar-refractivity contribution in [1.82, 2.24) is 5.32 Å². The zero-order valence-electron chi connectivity index (χ0n) is 11.4. The number of nitrogens with two attached hydrogens (primary N) is 1. The van der Waals surface area contributed by atoms with Crippen LogP contribution in [-0.2, 0) is 11.3 Å². The Morgan fingerprint density at radius 1 is 1.53 bits per heavy atom. The van der Waals surface area contributed by atoms with Gasteiger partial charge in [-0.15, -0.1) is 0 Å². The summed E-state index contributed by atoms with van der Waals surface area (Å²) in [5, 5.41) is 2.74. The molecule has 0 aliphatic rings. The molecule has 5 heteroatoms. The third-order valence-corrected chi connectivity index (χ3v) is 2.72. The van der Waals surface area contributed by atoms with Crippen LogP contribution in [0.2, 0.25) is 0 Å². The van der Waals surface area contributed by atoms with Crippen LogP contribution in [0.25, 0.3) is 0 Å². The number of halogens is 1. The van der Waals surface area contributed by atoms with E-state index in [-0.39, 0.29) is 17.6 Å². The van der Waals surface area contributed by atoms with Crippen LogP contribution < -0.4 is 15.8 Å². The highest BCUT2D eigenvalue weighted by Crippen LogP contribution is 2.18. The monoisotopic (exact) mass is 268 g/mol. The van der Waals surface area contributed by atoms with Crippen molar-refractivity contribution in [2.24, 2.45) is 11.7 Å². The van der Waals surface area contributed by atoms with Crippen LogP contribution in [0, 0.1) is 11.7 Å². The fraction of sp³-hybridized carbons (Fsp3) is 0.500. The van der Waals surface area contributed by atoms with Gasteiger partial charge in [-0.3, -0.25) is 4.79 Å². The summed E-state index contributed by atoms with van der Waals surface area (Å²) in [5.74, 6) is -0.109. The fourth-order valence-corrected chi connectivity index (χ4v) is 1.60. The normalized spacial score (nSPS) is 12.0. The smallest absolute Gasteiger partial charge is 0.220 e. The quantitative estimate of drug-likeness (QED) is 0.793. The van der Waals surface area contributed by atoms with E-state index in [1.54, 1.807) is 19.1 Å². The molecule has 0 saturated carbocycles. The Morgan fingerprint density at radius 2 is 2.26 bits per heavy atom. The molecule has 1 amide bonds. The molecule has 0 aliphatic heterocycles. The maximum Gasteiger partial charge on any atom is 0.220 e. The number of carbonyl (C=O) groups excluding carboxylic acids is 1. The average molecular weight is 268 g/mol. The molecule has 3 N–H and O–H groups in total. The Morgan fingerprint density at radius 3 is 2.84 bits per heavy atom. The van der Waals surface area contributed by atoms with E-state index in [9.17, 15) is 9.18 Å². The Kier molecular flexibility index (Phi) is 6.29. The molecule has 0 heterocycles. The fourth-order valence-electron chi connectivity index (χ4n) is 1.60. The topological polar surface area (TPSA) is 64.3 Å². The van der Waals surface area contributed by atoms with Gasteiger partial charge in [-0.25, -0.2) is 4.39 Å². The molecule has 0 radical (unpaired) electrons. The van der Waals surface area contributed by atoms with Crippen molar-refractivity contribution in [2.45, 2.75) is 26.8 Å². The average Bonchev–Trinajstić information content (AvgIpc) is 2.39. The van der Waals surface area contributed by atoms with Gasteiger partial charge in [-0.05, 0) is 37.1 Å². The molecule has 1 rings (SSSR count). The van der Waals surface area contributed by atoms with Gasteiger partial charge in [0.1, 0.15) is 0 Å². The lowest BCUT2D eigenvalue weighted by molar-refractivity contribution is -0.122. The van der Waals surface area contributed by atoms with Gasteiger partial charge in [0.15, 0.2) is 11.6 Å². The summed E-state index contributed by atoms with van der Waals surface area (Å²) in [5.41, 5.74) is 6.15. The Balaban J connectivity index is 2.49. The first-order chi connectivity index (χ1) is 9.06. The molecule has 1 unspecified atom stereocenters. The Bertz CT molecular complexity index is 424. The van der Waals surface area contributed by atoms with Crippen LogP contribution in [0.3, 0.4) is 0 Å². The molecule has 4 nitrogen and oxygen atoms in total. The molecule has 19 heavy (non-hydrogen) atoms. The molecule has 1 aromatic carbocycles. The first kappa shape index (κ1) is 15.4. The highest BCUT2D eigenvalue weighted by atomic mass is 19.1. The first-order valence-electron chi connectivity index (χ1n) is 6.44. The lowest BCUT2D eigenvalue weighted by Crippen LogP contribution is -2.26. The lowest BCUT2D eigenvalue weighted by Gasteiger charge is -2.10. The molecule has 0 aromatic heterocycles. The van der Waals surface area contributed by atoms with Gasteiger partial charge in [0, 0.05) is 13.0 Å². The van der Waals surface area contributed by atoms with Crippen LogP contribution in [0.15, 0.2) is 18.2 Å². The number of hydrogen-bond donors (Lipinski definition) is 2. The summed E-state index contributed by atoms with van der Waals surface area (Å²) in [4.78, 5) is 11.6. The maximum absolute atomic E-state index is 13.6. The SMILES string of the molecule is CCOc1ccc(CNC(=O)CC(C)CN)cc1F. The van der Waals surface area contributed by atoms with E-state index in [4.69, 9.17) is 10.5 Å². The highest BCUT2D eigenvalue weighted by molar-refractivity contribution is 5.76. The second kappa shape index (κ2) is 7.74. The van der Waals surface area contributed by atoms with Gasteiger partial charge in [0.05, 0.1) is 6.61 Å². The van der Waals surface area contributed by atoms with Crippen molar-refractivity contribution in [3.63, 3.8) is 0 Å². The number of nitrogens with one attached hydrogen (secondary N) is 1. The summed E-state index contributed by atoms with van der Waals surface area (Å²) in [6.07, 6.45) is 0.385. The second-order valence-electron chi connectivity index (χ2n) is 4.52. The summed E-state index contributed by atoms with van der Waals surface area (Å²) < 4.78 is 18.7. The van der Waals surface area contributed by atoms with Crippen molar-refractivity contribution < 1.29 is 13.9 Å². The molecule has 0 saturated heterocycles. The lowest BCUT2D eigenvalue weighted by atomic mass is 10.1. The molecular weight excluding hydrogens is 247 g/mol. The van der Waals surface area contributed by atoms with E-state index >= 15 is 0 Å². The van der Waals surface area contributed by atoms with E-state index in [2.05, 4.69) is 5.32 Å². The van der Waals surface area contributed by atoms with Gasteiger partial charge in [-0.1, -0.05) is 13.0 Å². The van der Waals surface area contributed by atoms with Crippen molar-refractivity contribution in [2.75, 3.05) is 13.2 Å². The number of rotatable bonds is 7. The van der Waals surface area contributed by atoms with Gasteiger partial charge in [-0.2, -0.15) is 0 Å². The second-order valence-corrected chi connectivity index (χ2v) is 4.52. The van der Waals surface area contributed by atoms with Gasteiger partial charge in [0.25, 0.3) is 0 Å². The Hall–Kier alpha value is -1.62. The number of benzene rings is 1. The maximum atomic E-state index is 13.6. The summed E-state index contributed by atoms with van der Waals surface area (Å²) in [6.45, 7) is 4.91. The predicted octanol–water partition coefficient (Wildman–Crippen LogP) is 1.83. The van der Waals surface area contributed by atoms with Gasteiger partial charge < -0.3 is 15.8 Å². The third kappa shape index (κ3) is 5.26. The standard InChI is InChI=1S/C14H21FN2O2/c1-3-19-13-5-4-11(7-12(13)15)9-17-14(18)6-10(2)8-16/h4-5,7,10H,3,6,8-9,16H2,1-2H3,(H,17,18). The van der Waals surface area contributed by atoms with Gasteiger partial charge >= 0.3 is 0 Å². The highest BCUT2D eigenvalue weighted by Gasteiger charge is 2.08. The van der Waals surface area contributed by atoms with Crippen LogP contribution in [0.1, 0.15) is 25.8 Å². The number of carbonyl (C=O) groups is 1. The predicted molar refractivity (Wildman–Crippen MR) is 72.3 cm³/mol. The molecule has 0 spiro atoms. The first-order valence-corrected chi connectivity index (χ1v) is 6.44. The zero-order chi connectivity index (χ0) is 14.3. The van der Waals surface area contributed by atoms with Crippen molar-refractivity contribution in [1.29, 1.82) is 0 Å². The van der Waals surface area contributed by atoms with Crippen LogP contribution in [0.4, 0.5) is 4.39 Å². The molecule has 106 valence electrons. The minimum absolute atomic E-state index is 0.0766. The van der Waals surface area contributed by atoms with E-state index in [0.717, 1.165) is 0 Å². The minimum atomic E-state index is -0.413. The number of amides is 1. The van der Waals surface area contributed by atoms with Crippen molar-refractivity contribution in [3.8, 4) is 5.75 Å². The Labute approximate surface area is 113 Å². The van der Waals surface area contributed by atoms with Crippen molar-refractivity contribution in [3.05, 3.63) is 29.6 Å². The number of hydrogen-bond acceptors (Lipinski definition) is 3. The largest absolute Gasteiger partial charge is 0.491 e. The minimum Gasteiger partial charge on any atom is -0.491 e. The third-order valence-electron chi connectivity index (χ3n) is 2.72. The van der Waals surface area contributed by atoms with E-state index in [1.165, 1.54) is 6.07 Å². The van der Waals surface area contributed by atoms with Crippen LogP contribution in [-0.4, -0.2) is 19.1 Å². The molecular formula is C14H21FN2O2. The summed E-state index contributed by atoms with van der Waals surface area (Å²) in [6, 6.07) is 4.68. The van der Waals surface area contributed by atoms with Crippen LogP contribution >= 0.6 is 0 Å². The van der Waals surface area contributed by atoms with E-state index < -0.39 is 5.82 Å². The summed E-state index contributed by atoms with van der Waals surface area (Å²) >= 11 is 0. The van der Waals surface area contributed by atoms with Crippen molar-refractivity contribution >= 4 is 5.91 Å². The molecule has 1 atom stereocenters. The summed E-state index contributed by atoms with van der Waals surface area (Å²) in [7, 11) is 0. The van der Waals surface area contributed by atoms with Crippen LogP contribution in [0.5, 0.6) is 5.75 Å². The molecule has 0 aliphatic carbocycles. The molecule has 0 bridgehead atoms. The van der Waals surface area contributed by atoms with E-state index in [0.29, 0.717) is 31.7 Å². The number of ether oxygens (including phenoxy) is 1. The molecule has 1 aromatic rings. The zero-order valence-corrected chi connectivity index (χ0v) is 11.4. The van der Waals surface area contributed by atoms with E-state index in [1.807, 2.05) is 6.92 Å². The van der Waals surface area contributed by atoms with Gasteiger partial charge in [0.2, 0.25) is 5.91 Å². The molecule has 0 fully saturated rings.